The molecule has 2 bridgehead atoms. The van der Waals surface area contributed by atoms with E-state index in [1.165, 1.54) is 6.92 Å². The number of hydrogen-bond donors (Lipinski definition) is 2. The number of carbonyl (C=O) groups is 3. The molecule has 0 radical (unpaired) electrons. The number of rotatable bonds is 0. The van der Waals surface area contributed by atoms with E-state index in [0.29, 0.717) is 6.42 Å². The molecule has 0 aromatic rings. The van der Waals surface area contributed by atoms with Gasteiger partial charge in [0.2, 0.25) is 11.9 Å². The fourth-order valence-corrected chi connectivity index (χ4v) is 6.35. The lowest BCUT2D eigenvalue weighted by Crippen LogP contribution is -2.65. The van der Waals surface area contributed by atoms with E-state index in [0.717, 1.165) is 0 Å². The van der Waals surface area contributed by atoms with E-state index >= 15 is 0 Å². The minimum Gasteiger partial charge on any atom is -0.460 e. The van der Waals surface area contributed by atoms with Crippen LogP contribution in [0.1, 0.15) is 40.5 Å². The molecule has 4 aliphatic heterocycles. The van der Waals surface area contributed by atoms with Crippen LogP contribution in [-0.2, 0) is 33.3 Å². The van der Waals surface area contributed by atoms with Gasteiger partial charge in [0.1, 0.15) is 12.2 Å². The lowest BCUT2D eigenvalue weighted by Gasteiger charge is -2.45. The summed E-state index contributed by atoms with van der Waals surface area (Å²) in [7, 11) is 0. The molecular formula is C20H26O9. The zero-order valence-electron chi connectivity index (χ0n) is 16.8. The molecular weight excluding hydrogens is 384 g/mol. The molecule has 1 saturated carbocycles. The predicted molar refractivity (Wildman–Crippen MR) is 92.7 cm³/mol. The molecule has 5 rings (SSSR count). The zero-order valence-corrected chi connectivity index (χ0v) is 16.8. The van der Waals surface area contributed by atoms with Crippen molar-refractivity contribution in [2.75, 3.05) is 0 Å². The van der Waals surface area contributed by atoms with Crippen LogP contribution in [0, 0.1) is 29.1 Å². The monoisotopic (exact) mass is 410 g/mol. The third-order valence-electron chi connectivity index (χ3n) is 7.88. The van der Waals surface area contributed by atoms with Crippen LogP contribution in [0.3, 0.4) is 0 Å². The topological polar surface area (TPSA) is 129 Å². The Morgan fingerprint density at radius 3 is 2.38 bits per heavy atom. The molecule has 5 aliphatic rings. The first-order valence-corrected chi connectivity index (χ1v) is 10.1. The molecule has 9 nitrogen and oxygen atoms in total. The Kier molecular flexibility index (Phi) is 3.65. The third kappa shape index (κ3) is 2.08. The zero-order chi connectivity index (χ0) is 21.1. The van der Waals surface area contributed by atoms with Crippen molar-refractivity contribution < 1.29 is 43.5 Å². The first-order chi connectivity index (χ1) is 13.4. The Morgan fingerprint density at radius 2 is 1.72 bits per heavy atom. The second kappa shape index (κ2) is 5.50. The molecule has 0 amide bonds. The Balaban J connectivity index is 1.66. The number of aliphatic hydroxyl groups is 2. The molecule has 2 N–H and O–H groups in total. The second-order valence-corrected chi connectivity index (χ2v) is 10.1. The summed E-state index contributed by atoms with van der Waals surface area (Å²) >= 11 is 0. The van der Waals surface area contributed by atoms with E-state index in [2.05, 4.69) is 0 Å². The van der Waals surface area contributed by atoms with E-state index < -0.39 is 71.5 Å². The van der Waals surface area contributed by atoms with Gasteiger partial charge in [0.15, 0.2) is 11.7 Å². The Bertz CT molecular complexity index is 802. The molecule has 4 saturated heterocycles. The van der Waals surface area contributed by atoms with E-state index in [1.807, 2.05) is 20.8 Å². The van der Waals surface area contributed by atoms with Crippen molar-refractivity contribution in [1.29, 1.82) is 0 Å². The third-order valence-corrected chi connectivity index (χ3v) is 7.88. The van der Waals surface area contributed by atoms with E-state index in [9.17, 15) is 24.6 Å². The Labute approximate surface area is 167 Å². The SMILES string of the molecule is C[C@@H]1C(=O)O[C@H]2C[C@@H]3C4CC(C(C)(C)C)C5[C@@H](OC(=O)[C@@H]5O)O[C@@]3(C(=O)O4)[C@]21O. The Morgan fingerprint density at radius 1 is 1.03 bits per heavy atom. The van der Waals surface area contributed by atoms with Crippen molar-refractivity contribution >= 4 is 17.9 Å². The lowest BCUT2D eigenvalue weighted by molar-refractivity contribution is -0.269. The van der Waals surface area contributed by atoms with E-state index in [1.54, 1.807) is 0 Å². The molecule has 4 heterocycles. The van der Waals surface area contributed by atoms with Crippen molar-refractivity contribution in [2.24, 2.45) is 29.1 Å². The number of carbonyl (C=O) groups excluding carboxylic acids is 3. The van der Waals surface area contributed by atoms with Gasteiger partial charge in [0, 0.05) is 5.92 Å². The molecule has 9 heteroatoms. The molecule has 0 aromatic carbocycles. The summed E-state index contributed by atoms with van der Waals surface area (Å²) in [6, 6.07) is 0. The van der Waals surface area contributed by atoms with Crippen molar-refractivity contribution in [3.8, 4) is 0 Å². The highest BCUT2D eigenvalue weighted by Crippen LogP contribution is 2.63. The van der Waals surface area contributed by atoms with Crippen LogP contribution in [-0.4, -0.2) is 63.9 Å². The minimum atomic E-state index is -1.93. The minimum absolute atomic E-state index is 0.216. The summed E-state index contributed by atoms with van der Waals surface area (Å²) in [6.45, 7) is 7.44. The normalized spacial score (nSPS) is 53.4. The van der Waals surface area contributed by atoms with Gasteiger partial charge in [0.05, 0.1) is 11.8 Å². The molecule has 160 valence electrons. The van der Waals surface area contributed by atoms with Gasteiger partial charge in [-0.15, -0.1) is 0 Å². The van der Waals surface area contributed by atoms with Gasteiger partial charge < -0.3 is 29.2 Å². The van der Waals surface area contributed by atoms with Gasteiger partial charge in [-0.1, -0.05) is 20.8 Å². The number of esters is 3. The predicted octanol–water partition coefficient (Wildman–Crippen LogP) is -0.0943. The molecule has 10 atom stereocenters. The summed E-state index contributed by atoms with van der Waals surface area (Å²) < 4.78 is 22.6. The molecule has 0 aromatic heterocycles. The maximum atomic E-state index is 13.2. The summed E-state index contributed by atoms with van der Waals surface area (Å²) in [5.41, 5.74) is -4.16. The fourth-order valence-electron chi connectivity index (χ4n) is 6.35. The van der Waals surface area contributed by atoms with Crippen LogP contribution in [0.4, 0.5) is 0 Å². The summed E-state index contributed by atoms with van der Waals surface area (Å²) in [6.07, 6.45) is -3.54. The van der Waals surface area contributed by atoms with Crippen LogP contribution in [0.2, 0.25) is 0 Å². The van der Waals surface area contributed by atoms with Crippen molar-refractivity contribution in [3.63, 3.8) is 0 Å². The number of aliphatic hydroxyl groups excluding tert-OH is 1. The van der Waals surface area contributed by atoms with Gasteiger partial charge >= 0.3 is 17.9 Å². The first kappa shape index (κ1) is 19.3. The van der Waals surface area contributed by atoms with Crippen LogP contribution >= 0.6 is 0 Å². The van der Waals surface area contributed by atoms with Gasteiger partial charge in [-0.3, -0.25) is 4.79 Å². The number of ether oxygens (including phenoxy) is 4. The van der Waals surface area contributed by atoms with Crippen LogP contribution < -0.4 is 0 Å². The Hall–Kier alpha value is -1.71. The van der Waals surface area contributed by atoms with Crippen LogP contribution in [0.5, 0.6) is 0 Å². The lowest BCUT2D eigenvalue weighted by atomic mass is 9.65. The van der Waals surface area contributed by atoms with Gasteiger partial charge in [0.25, 0.3) is 0 Å². The molecule has 29 heavy (non-hydrogen) atoms. The summed E-state index contributed by atoms with van der Waals surface area (Å²) in [4.78, 5) is 37.6. The highest BCUT2D eigenvalue weighted by Gasteiger charge is 2.83. The van der Waals surface area contributed by atoms with Gasteiger partial charge in [-0.05, 0) is 31.1 Å². The van der Waals surface area contributed by atoms with Gasteiger partial charge in [-0.2, -0.15) is 0 Å². The van der Waals surface area contributed by atoms with Crippen molar-refractivity contribution in [3.05, 3.63) is 0 Å². The molecule has 1 aliphatic carbocycles. The smallest absolute Gasteiger partial charge is 0.342 e. The van der Waals surface area contributed by atoms with Crippen molar-refractivity contribution in [2.45, 2.75) is 76.3 Å². The van der Waals surface area contributed by atoms with E-state index in [-0.39, 0.29) is 17.8 Å². The summed E-state index contributed by atoms with van der Waals surface area (Å²) in [5, 5.41) is 22.2. The highest BCUT2D eigenvalue weighted by atomic mass is 16.7. The second-order valence-electron chi connectivity index (χ2n) is 10.1. The molecule has 0 spiro atoms. The molecule has 5 fully saturated rings. The average molecular weight is 410 g/mol. The largest absolute Gasteiger partial charge is 0.460 e. The first-order valence-electron chi connectivity index (χ1n) is 10.1. The maximum Gasteiger partial charge on any atom is 0.342 e. The van der Waals surface area contributed by atoms with Crippen LogP contribution in [0.15, 0.2) is 0 Å². The van der Waals surface area contributed by atoms with E-state index in [4.69, 9.17) is 18.9 Å². The van der Waals surface area contributed by atoms with Crippen LogP contribution in [0.25, 0.3) is 0 Å². The molecule has 3 unspecified atom stereocenters. The fraction of sp³-hybridized carbons (Fsp3) is 0.850. The van der Waals surface area contributed by atoms with Gasteiger partial charge in [-0.25, -0.2) is 9.59 Å². The quantitative estimate of drug-likeness (QED) is 0.416. The number of hydrogen-bond acceptors (Lipinski definition) is 9. The average Bonchev–Trinajstić information content (AvgIpc) is 3.20. The highest BCUT2D eigenvalue weighted by molar-refractivity contribution is 5.89. The summed E-state index contributed by atoms with van der Waals surface area (Å²) in [5.74, 6) is -4.74. The maximum absolute atomic E-state index is 13.2. The number of fused-ring (bicyclic) bond motifs is 2. The standard InChI is InChI=1S/C20H26O9/c1-7-14(22)27-11-6-8-10-5-9(18(2,3)4)12-13(21)15(23)28-16(12)29-20(8,17(24)26-10)19(7,11)25/h7-13,16,21,25H,5-6H2,1-4H3/t7-,8-,9?,10?,11+,12?,13-,16+,19-,20+/m1/s1. The van der Waals surface area contributed by atoms with Crippen molar-refractivity contribution in [1.82, 2.24) is 0 Å².